The van der Waals surface area contributed by atoms with Crippen molar-refractivity contribution >= 4 is 28.3 Å². The third-order valence-corrected chi connectivity index (χ3v) is 7.13. The van der Waals surface area contributed by atoms with E-state index in [4.69, 9.17) is 0 Å². The lowest BCUT2D eigenvalue weighted by Crippen LogP contribution is -2.52. The summed E-state index contributed by atoms with van der Waals surface area (Å²) in [6.45, 7) is 5.38. The average molecular weight is 382 g/mol. The minimum absolute atomic E-state index is 0.00403. The molecule has 1 aliphatic carbocycles. The normalized spacial score (nSPS) is 25.1. The molecule has 2 fully saturated rings. The van der Waals surface area contributed by atoms with Crippen LogP contribution in [0.25, 0.3) is 11.0 Å². The molecule has 2 aromatic heterocycles. The Morgan fingerprint density at radius 2 is 2.00 bits per heavy atom. The summed E-state index contributed by atoms with van der Waals surface area (Å²) in [7, 11) is 0. The molecular weight excluding hydrogens is 358 g/mol. The number of amides is 1. The largest absolute Gasteiger partial charge is 0.349 e. The first-order chi connectivity index (χ1) is 13.2. The zero-order valence-corrected chi connectivity index (χ0v) is 16.1. The van der Waals surface area contributed by atoms with Gasteiger partial charge in [0.25, 0.3) is 5.91 Å². The van der Waals surface area contributed by atoms with Gasteiger partial charge >= 0.3 is 0 Å². The summed E-state index contributed by atoms with van der Waals surface area (Å²) in [6.07, 6.45) is 2.41. The molecule has 1 unspecified atom stereocenters. The molecule has 2 aliphatic rings. The highest BCUT2D eigenvalue weighted by molar-refractivity contribution is 7.10. The number of H-pyrrole nitrogens is 1. The number of carbonyl (C=O) groups is 1. The summed E-state index contributed by atoms with van der Waals surface area (Å²) in [5, 5.41) is 16.2. The van der Waals surface area contributed by atoms with Crippen molar-refractivity contribution in [3.05, 3.63) is 45.6 Å². The van der Waals surface area contributed by atoms with E-state index in [0.717, 1.165) is 30.7 Å². The lowest BCUT2D eigenvalue weighted by atomic mass is 9.91. The highest BCUT2D eigenvalue weighted by atomic mass is 32.1. The van der Waals surface area contributed by atoms with Gasteiger partial charge in [-0.2, -0.15) is 15.4 Å². The van der Waals surface area contributed by atoms with E-state index >= 15 is 0 Å². The summed E-state index contributed by atoms with van der Waals surface area (Å²) >= 11 is 1.85. The molecule has 1 aromatic carbocycles. The van der Waals surface area contributed by atoms with Crippen LogP contribution in [0.2, 0.25) is 0 Å². The van der Waals surface area contributed by atoms with Gasteiger partial charge in [-0.3, -0.25) is 9.69 Å². The molecule has 27 heavy (non-hydrogen) atoms. The number of likely N-dealkylation sites (tertiary alicyclic amines) is 1. The molecule has 2 N–H and O–H groups in total. The van der Waals surface area contributed by atoms with Crippen molar-refractivity contribution in [3.63, 3.8) is 0 Å². The number of thiophene rings is 1. The van der Waals surface area contributed by atoms with Gasteiger partial charge in [-0.15, -0.1) is 11.3 Å². The third-order valence-electron chi connectivity index (χ3n) is 6.12. The first-order valence-corrected chi connectivity index (χ1v) is 10.4. The highest BCUT2D eigenvalue weighted by Gasteiger charge is 2.42. The van der Waals surface area contributed by atoms with E-state index in [9.17, 15) is 4.79 Å². The van der Waals surface area contributed by atoms with Crippen LogP contribution >= 0.6 is 11.3 Å². The molecule has 1 amide bonds. The predicted octanol–water partition coefficient (Wildman–Crippen LogP) is 2.97. The molecule has 1 saturated heterocycles. The summed E-state index contributed by atoms with van der Waals surface area (Å²) in [6, 6.07) is 7.97. The topological polar surface area (TPSA) is 73.9 Å². The second-order valence-electron chi connectivity index (χ2n) is 7.84. The Labute approximate surface area is 162 Å². The monoisotopic (exact) mass is 381 g/mol. The van der Waals surface area contributed by atoms with Crippen LogP contribution in [0, 0.1) is 18.8 Å². The number of hydrogen-bond acceptors (Lipinski definition) is 5. The maximum absolute atomic E-state index is 12.8. The number of fused-ring (bicyclic) bond motifs is 3. The lowest BCUT2D eigenvalue weighted by Gasteiger charge is -2.38. The Hall–Kier alpha value is -2.25. The second-order valence-corrected chi connectivity index (χ2v) is 8.85. The smallest absolute Gasteiger partial charge is 0.251 e. The fraction of sp³-hybridized carbons (Fsp3) is 0.450. The first kappa shape index (κ1) is 16.9. The molecule has 1 aliphatic heterocycles. The number of aromatic amines is 1. The maximum atomic E-state index is 12.8. The molecule has 3 aromatic rings. The summed E-state index contributed by atoms with van der Waals surface area (Å²) < 4.78 is 0. The Morgan fingerprint density at radius 1 is 1.22 bits per heavy atom. The minimum Gasteiger partial charge on any atom is -0.349 e. The number of piperidine rings is 1. The van der Waals surface area contributed by atoms with Crippen LogP contribution < -0.4 is 5.32 Å². The van der Waals surface area contributed by atoms with E-state index < -0.39 is 0 Å². The van der Waals surface area contributed by atoms with Crippen molar-refractivity contribution in [1.29, 1.82) is 0 Å². The molecular formula is C20H23N5OS. The van der Waals surface area contributed by atoms with Gasteiger partial charge in [0.1, 0.15) is 11.0 Å². The molecule has 0 spiro atoms. The number of carbonyl (C=O) groups excluding carboxylic acids is 1. The average Bonchev–Trinajstić information content (AvgIpc) is 3.34. The molecule has 3 heterocycles. The SMILES string of the molecule is Cc1ccsc1CN1C[C@H]2CC[C@@H](C1)C2NC(=O)c1ccc2n[nH]nc2c1. The molecule has 0 radical (unpaired) electrons. The van der Waals surface area contributed by atoms with Crippen molar-refractivity contribution in [1.82, 2.24) is 25.6 Å². The zero-order chi connectivity index (χ0) is 18.4. The number of aromatic nitrogens is 3. The maximum Gasteiger partial charge on any atom is 0.251 e. The molecule has 1 saturated carbocycles. The standard InChI is InChI=1S/C20H23N5OS/c1-12-6-7-27-18(12)11-25-9-14-2-3-15(10-25)19(14)21-20(26)13-4-5-16-17(8-13)23-24-22-16/h4-8,14-15,19H,2-3,9-11H2,1H3,(H,21,26)(H,22,23,24)/t14-,15+,19?. The quantitative estimate of drug-likeness (QED) is 0.729. The van der Waals surface area contributed by atoms with Crippen LogP contribution in [0.1, 0.15) is 33.6 Å². The van der Waals surface area contributed by atoms with Gasteiger partial charge < -0.3 is 5.32 Å². The molecule has 6 nitrogen and oxygen atoms in total. The summed E-state index contributed by atoms with van der Waals surface area (Å²) in [5.74, 6) is 1.09. The molecule has 2 bridgehead atoms. The van der Waals surface area contributed by atoms with Gasteiger partial charge in [0, 0.05) is 36.1 Å². The third kappa shape index (κ3) is 3.15. The van der Waals surface area contributed by atoms with Crippen LogP contribution in [0.5, 0.6) is 0 Å². The van der Waals surface area contributed by atoms with Crippen molar-refractivity contribution in [2.75, 3.05) is 13.1 Å². The van der Waals surface area contributed by atoms with E-state index in [2.05, 4.69) is 44.0 Å². The minimum atomic E-state index is 0.00403. The number of hydrogen-bond donors (Lipinski definition) is 2. The Balaban J connectivity index is 1.26. The van der Waals surface area contributed by atoms with Crippen molar-refractivity contribution < 1.29 is 4.79 Å². The van der Waals surface area contributed by atoms with Crippen molar-refractivity contribution in [3.8, 4) is 0 Å². The van der Waals surface area contributed by atoms with E-state index in [1.165, 1.54) is 23.3 Å². The van der Waals surface area contributed by atoms with Gasteiger partial charge in [-0.05, 0) is 66.8 Å². The number of nitrogens with zero attached hydrogens (tertiary/aromatic N) is 3. The molecule has 140 valence electrons. The zero-order valence-electron chi connectivity index (χ0n) is 15.3. The van der Waals surface area contributed by atoms with Crippen LogP contribution in [0.4, 0.5) is 0 Å². The van der Waals surface area contributed by atoms with Crippen LogP contribution in [0.15, 0.2) is 29.6 Å². The Bertz CT molecular complexity index is 966. The predicted molar refractivity (Wildman–Crippen MR) is 106 cm³/mol. The molecule has 5 rings (SSSR count). The Morgan fingerprint density at radius 3 is 2.74 bits per heavy atom. The molecule has 3 atom stereocenters. The van der Waals surface area contributed by atoms with Crippen molar-refractivity contribution in [2.45, 2.75) is 32.4 Å². The lowest BCUT2D eigenvalue weighted by molar-refractivity contribution is 0.0826. The fourth-order valence-electron chi connectivity index (χ4n) is 4.67. The van der Waals surface area contributed by atoms with Crippen LogP contribution in [-0.2, 0) is 6.54 Å². The number of nitrogens with one attached hydrogen (secondary N) is 2. The van der Waals surface area contributed by atoms with Gasteiger partial charge in [0.2, 0.25) is 0 Å². The van der Waals surface area contributed by atoms with E-state index in [1.54, 1.807) is 0 Å². The second kappa shape index (κ2) is 6.73. The summed E-state index contributed by atoms with van der Waals surface area (Å²) in [5.41, 5.74) is 3.56. The number of aryl methyl sites for hydroxylation is 1. The van der Waals surface area contributed by atoms with E-state index in [-0.39, 0.29) is 11.9 Å². The van der Waals surface area contributed by atoms with Crippen molar-refractivity contribution in [2.24, 2.45) is 11.8 Å². The number of rotatable bonds is 4. The van der Waals surface area contributed by atoms with Gasteiger partial charge in [-0.1, -0.05) is 0 Å². The van der Waals surface area contributed by atoms with E-state index in [0.29, 0.717) is 17.4 Å². The van der Waals surface area contributed by atoms with Crippen LogP contribution in [0.3, 0.4) is 0 Å². The fourth-order valence-corrected chi connectivity index (χ4v) is 5.62. The van der Waals surface area contributed by atoms with Crippen LogP contribution in [-0.4, -0.2) is 45.3 Å². The van der Waals surface area contributed by atoms with E-state index in [1.807, 2.05) is 29.5 Å². The first-order valence-electron chi connectivity index (χ1n) is 9.54. The van der Waals surface area contributed by atoms with Gasteiger partial charge in [0.15, 0.2) is 0 Å². The highest BCUT2D eigenvalue weighted by Crippen LogP contribution is 2.38. The number of benzene rings is 1. The Kier molecular flexibility index (Phi) is 4.21. The van der Waals surface area contributed by atoms with Gasteiger partial charge in [0.05, 0.1) is 0 Å². The molecule has 7 heteroatoms. The summed E-state index contributed by atoms with van der Waals surface area (Å²) in [4.78, 5) is 16.8. The van der Waals surface area contributed by atoms with Gasteiger partial charge in [-0.25, -0.2) is 0 Å².